The van der Waals surface area contributed by atoms with Gasteiger partial charge in [-0.25, -0.2) is 8.78 Å². The number of benzene rings is 1. The van der Waals surface area contributed by atoms with E-state index in [0.29, 0.717) is 18.4 Å². The van der Waals surface area contributed by atoms with Gasteiger partial charge >= 0.3 is 5.97 Å². The molecule has 0 heterocycles. The number of aliphatic carboxylic acids is 1. The van der Waals surface area contributed by atoms with Crippen LogP contribution in [0, 0.1) is 17.6 Å². The summed E-state index contributed by atoms with van der Waals surface area (Å²) in [5.74, 6) is -3.90. The summed E-state index contributed by atoms with van der Waals surface area (Å²) in [6, 6.07) is 3.29. The van der Waals surface area contributed by atoms with Crippen molar-refractivity contribution in [3.8, 4) is 0 Å². The number of hydrogen-bond donors (Lipinski definition) is 2. The fraction of sp³-hybridized carbons (Fsp3) is 0.500. The second-order valence-corrected chi connectivity index (χ2v) is 6.03. The number of hydrogen-bond acceptors (Lipinski definition) is 2. The van der Waals surface area contributed by atoms with Gasteiger partial charge in [0, 0.05) is 0 Å². The van der Waals surface area contributed by atoms with Crippen LogP contribution in [0.5, 0.6) is 0 Å². The summed E-state index contributed by atoms with van der Waals surface area (Å²) in [4.78, 5) is 23.5. The minimum absolute atomic E-state index is 0.112. The van der Waals surface area contributed by atoms with Crippen LogP contribution in [0.1, 0.15) is 38.2 Å². The lowest BCUT2D eigenvalue weighted by atomic mass is 9.74. The lowest BCUT2D eigenvalue weighted by molar-refractivity contribution is -0.146. The third-order valence-corrected chi connectivity index (χ3v) is 4.28. The van der Waals surface area contributed by atoms with Crippen molar-refractivity contribution in [2.45, 2.75) is 44.6 Å². The summed E-state index contributed by atoms with van der Waals surface area (Å²) in [7, 11) is 0. The van der Waals surface area contributed by atoms with Crippen LogP contribution in [-0.4, -0.2) is 22.5 Å². The maximum absolute atomic E-state index is 13.1. The zero-order valence-electron chi connectivity index (χ0n) is 12.4. The van der Waals surface area contributed by atoms with Crippen molar-refractivity contribution in [2.24, 2.45) is 5.92 Å². The first-order valence-corrected chi connectivity index (χ1v) is 7.29. The number of nitrogens with one attached hydrogen (secondary N) is 1. The van der Waals surface area contributed by atoms with Crippen LogP contribution < -0.4 is 5.32 Å². The molecule has 1 aliphatic rings. The highest BCUT2D eigenvalue weighted by molar-refractivity contribution is 5.81. The van der Waals surface area contributed by atoms with Crippen LogP contribution in [0.3, 0.4) is 0 Å². The van der Waals surface area contributed by atoms with Gasteiger partial charge in [0.25, 0.3) is 0 Å². The predicted octanol–water partition coefficient (Wildman–Crippen LogP) is 2.66. The van der Waals surface area contributed by atoms with Gasteiger partial charge in [0.2, 0.25) is 5.91 Å². The maximum Gasteiger partial charge on any atom is 0.308 e. The minimum Gasteiger partial charge on any atom is -0.481 e. The first-order chi connectivity index (χ1) is 10.3. The summed E-state index contributed by atoms with van der Waals surface area (Å²) in [5.41, 5.74) is -0.456. The van der Waals surface area contributed by atoms with Crippen LogP contribution in [0.2, 0.25) is 0 Å². The molecule has 0 radical (unpaired) electrons. The predicted molar refractivity (Wildman–Crippen MR) is 76.2 cm³/mol. The molecule has 0 aliphatic heterocycles. The summed E-state index contributed by atoms with van der Waals surface area (Å²) >= 11 is 0. The molecule has 22 heavy (non-hydrogen) atoms. The summed E-state index contributed by atoms with van der Waals surface area (Å²) < 4.78 is 26.0. The van der Waals surface area contributed by atoms with E-state index in [0.717, 1.165) is 25.0 Å². The molecule has 2 atom stereocenters. The zero-order valence-corrected chi connectivity index (χ0v) is 12.4. The summed E-state index contributed by atoms with van der Waals surface area (Å²) in [5, 5.41) is 12.1. The monoisotopic (exact) mass is 311 g/mol. The van der Waals surface area contributed by atoms with Crippen LogP contribution in [0.15, 0.2) is 18.2 Å². The van der Waals surface area contributed by atoms with E-state index in [1.807, 2.05) is 0 Å². The van der Waals surface area contributed by atoms with Crippen LogP contribution in [0.25, 0.3) is 0 Å². The van der Waals surface area contributed by atoms with Crippen LogP contribution in [-0.2, 0) is 16.0 Å². The van der Waals surface area contributed by atoms with Gasteiger partial charge in [-0.1, -0.05) is 18.9 Å². The van der Waals surface area contributed by atoms with Crippen molar-refractivity contribution < 1.29 is 23.5 Å². The number of rotatable bonds is 4. The minimum atomic E-state index is -1.00. The maximum atomic E-state index is 13.1. The number of carboxylic acid groups (broad SMARTS) is 1. The number of carboxylic acids is 1. The van der Waals surface area contributed by atoms with Gasteiger partial charge in [-0.2, -0.15) is 0 Å². The van der Waals surface area contributed by atoms with Gasteiger partial charge in [-0.05, 0) is 37.5 Å². The van der Waals surface area contributed by atoms with Crippen molar-refractivity contribution in [1.82, 2.24) is 5.32 Å². The molecule has 4 nitrogen and oxygen atoms in total. The molecule has 2 N–H and O–H groups in total. The molecule has 2 rings (SSSR count). The molecule has 120 valence electrons. The van der Waals surface area contributed by atoms with Gasteiger partial charge < -0.3 is 10.4 Å². The van der Waals surface area contributed by atoms with Gasteiger partial charge in [-0.3, -0.25) is 9.59 Å². The molecule has 0 bridgehead atoms. The summed E-state index contributed by atoms with van der Waals surface area (Å²) in [6.45, 7) is 1.73. The fourth-order valence-electron chi connectivity index (χ4n) is 3.08. The Morgan fingerprint density at radius 3 is 2.68 bits per heavy atom. The fourth-order valence-corrected chi connectivity index (χ4v) is 3.08. The lowest BCUT2D eigenvalue weighted by Gasteiger charge is -2.39. The third-order valence-electron chi connectivity index (χ3n) is 4.28. The largest absolute Gasteiger partial charge is 0.481 e. The smallest absolute Gasteiger partial charge is 0.308 e. The first kappa shape index (κ1) is 16.4. The molecule has 1 aliphatic carbocycles. The van der Waals surface area contributed by atoms with Crippen molar-refractivity contribution in [2.75, 3.05) is 0 Å². The molecule has 1 aromatic carbocycles. The Balaban J connectivity index is 2.06. The molecule has 0 aromatic heterocycles. The molecule has 1 aromatic rings. The quantitative estimate of drug-likeness (QED) is 0.898. The average molecular weight is 311 g/mol. The van der Waals surface area contributed by atoms with Crippen LogP contribution >= 0.6 is 0 Å². The van der Waals surface area contributed by atoms with E-state index in [-0.39, 0.29) is 12.3 Å². The second kappa shape index (κ2) is 6.42. The Bertz CT molecular complexity index is 591. The van der Waals surface area contributed by atoms with E-state index in [4.69, 9.17) is 0 Å². The highest BCUT2D eigenvalue weighted by Gasteiger charge is 2.42. The molecular formula is C16H19F2NO3. The highest BCUT2D eigenvalue weighted by Crippen LogP contribution is 2.33. The van der Waals surface area contributed by atoms with E-state index >= 15 is 0 Å². The zero-order chi connectivity index (χ0) is 16.3. The molecule has 6 heteroatoms. The third kappa shape index (κ3) is 3.61. The van der Waals surface area contributed by atoms with Crippen molar-refractivity contribution in [3.63, 3.8) is 0 Å². The van der Waals surface area contributed by atoms with E-state index < -0.39 is 29.1 Å². The second-order valence-electron chi connectivity index (χ2n) is 6.03. The Morgan fingerprint density at radius 1 is 1.32 bits per heavy atom. The van der Waals surface area contributed by atoms with Gasteiger partial charge in [0.1, 0.15) is 0 Å². The highest BCUT2D eigenvalue weighted by atomic mass is 19.2. The molecule has 1 fully saturated rings. The lowest BCUT2D eigenvalue weighted by Crippen LogP contribution is -2.55. The average Bonchev–Trinajstić information content (AvgIpc) is 2.42. The van der Waals surface area contributed by atoms with Gasteiger partial charge in [-0.15, -0.1) is 0 Å². The molecule has 1 saturated carbocycles. The number of carbonyl (C=O) groups is 2. The molecule has 2 unspecified atom stereocenters. The molecule has 1 amide bonds. The molecule has 0 saturated heterocycles. The number of halogens is 2. The Hall–Kier alpha value is -1.98. The standard InChI is InChI=1S/C16H19F2NO3/c1-16(7-3-2-4-11(16)15(21)22)19-14(20)9-10-5-6-12(17)13(18)8-10/h5-6,8,11H,2-4,7,9H2,1H3,(H,19,20)(H,21,22). The molecular weight excluding hydrogens is 292 g/mol. The number of amides is 1. The van der Waals surface area contributed by atoms with Gasteiger partial charge in [0.15, 0.2) is 11.6 Å². The normalized spacial score (nSPS) is 24.8. The van der Waals surface area contributed by atoms with Crippen molar-refractivity contribution in [3.05, 3.63) is 35.4 Å². The SMILES string of the molecule is CC1(NC(=O)Cc2ccc(F)c(F)c2)CCCCC1C(=O)O. The van der Waals surface area contributed by atoms with E-state index in [1.165, 1.54) is 6.07 Å². The Morgan fingerprint density at radius 2 is 2.05 bits per heavy atom. The molecule has 0 spiro atoms. The van der Waals surface area contributed by atoms with Crippen molar-refractivity contribution in [1.29, 1.82) is 0 Å². The summed E-state index contributed by atoms with van der Waals surface area (Å²) in [6.07, 6.45) is 2.68. The number of carbonyl (C=O) groups excluding carboxylic acids is 1. The van der Waals surface area contributed by atoms with E-state index in [2.05, 4.69) is 5.32 Å². The topological polar surface area (TPSA) is 66.4 Å². The van der Waals surface area contributed by atoms with E-state index in [1.54, 1.807) is 6.92 Å². The Labute approximate surface area is 127 Å². The van der Waals surface area contributed by atoms with Gasteiger partial charge in [0.05, 0.1) is 17.9 Å². The van der Waals surface area contributed by atoms with E-state index in [9.17, 15) is 23.5 Å². The van der Waals surface area contributed by atoms with Crippen LogP contribution in [0.4, 0.5) is 8.78 Å². The van der Waals surface area contributed by atoms with Crippen molar-refractivity contribution >= 4 is 11.9 Å². The Kier molecular flexibility index (Phi) is 4.78. The first-order valence-electron chi connectivity index (χ1n) is 7.29.